The number of hydrogen-bond donors (Lipinski definition) is 0. The lowest BCUT2D eigenvalue weighted by atomic mass is 10.1. The van der Waals surface area contributed by atoms with Crippen LogP contribution in [0.3, 0.4) is 0 Å². The number of benzene rings is 2. The molecule has 0 N–H and O–H groups in total. The topological polar surface area (TPSA) is 54.5 Å². The van der Waals surface area contributed by atoms with E-state index in [-0.39, 0.29) is 35.6 Å². The average Bonchev–Trinajstić information content (AvgIpc) is 3.22. The number of carbonyl (C=O) groups excluding carboxylic acids is 1. The lowest BCUT2D eigenvalue weighted by molar-refractivity contribution is -0.130. The molecule has 4 nitrogen and oxygen atoms in total. The van der Waals surface area contributed by atoms with E-state index in [4.69, 9.17) is 11.6 Å². The predicted octanol–water partition coefficient (Wildman–Crippen LogP) is 4.93. The Labute approximate surface area is 174 Å². The van der Waals surface area contributed by atoms with Gasteiger partial charge in [-0.05, 0) is 68.1 Å². The molecule has 0 spiro atoms. The van der Waals surface area contributed by atoms with E-state index in [2.05, 4.69) is 0 Å². The zero-order chi connectivity index (χ0) is 21.0. The van der Waals surface area contributed by atoms with Crippen LogP contribution in [0.4, 0.5) is 8.78 Å². The van der Waals surface area contributed by atoms with E-state index in [0.717, 1.165) is 31.0 Å². The molecular formula is C21H22ClF2NO3S. The Morgan fingerprint density at radius 2 is 1.72 bits per heavy atom. The van der Waals surface area contributed by atoms with Gasteiger partial charge in [0.15, 0.2) is 9.84 Å². The minimum Gasteiger partial charge on any atom is -0.343 e. The van der Waals surface area contributed by atoms with E-state index in [9.17, 15) is 22.0 Å². The minimum absolute atomic E-state index is 0.00487. The summed E-state index contributed by atoms with van der Waals surface area (Å²) in [5.41, 5.74) is -0.228. The van der Waals surface area contributed by atoms with Crippen molar-refractivity contribution in [3.05, 3.63) is 64.7 Å². The van der Waals surface area contributed by atoms with Crippen molar-refractivity contribution in [3.63, 3.8) is 0 Å². The largest absolute Gasteiger partial charge is 0.343 e. The maximum absolute atomic E-state index is 14.4. The molecule has 8 heteroatoms. The van der Waals surface area contributed by atoms with Gasteiger partial charge >= 0.3 is 0 Å². The molecule has 0 aromatic heterocycles. The quantitative estimate of drug-likeness (QED) is 0.612. The Hall–Kier alpha value is -1.99. The smallest absolute Gasteiger partial charge is 0.222 e. The van der Waals surface area contributed by atoms with Crippen LogP contribution in [0.1, 0.15) is 42.9 Å². The lowest BCUT2D eigenvalue weighted by Gasteiger charge is -2.20. The SMILES string of the molecule is O=C(CCCC(c1cc(F)ccc1F)S(=O)(=O)c1ccc(Cl)cc1)N1CCCC1. The van der Waals surface area contributed by atoms with Gasteiger partial charge in [-0.25, -0.2) is 17.2 Å². The molecule has 2 aromatic carbocycles. The molecule has 1 heterocycles. The second kappa shape index (κ2) is 9.22. The second-order valence-electron chi connectivity index (χ2n) is 7.13. The molecule has 0 aliphatic carbocycles. The van der Waals surface area contributed by atoms with Crippen molar-refractivity contribution >= 4 is 27.3 Å². The first-order chi connectivity index (χ1) is 13.8. The van der Waals surface area contributed by atoms with Gasteiger partial charge in [-0.3, -0.25) is 4.79 Å². The monoisotopic (exact) mass is 441 g/mol. The lowest BCUT2D eigenvalue weighted by Crippen LogP contribution is -2.27. The van der Waals surface area contributed by atoms with E-state index in [1.54, 1.807) is 4.90 Å². The van der Waals surface area contributed by atoms with Crippen molar-refractivity contribution < 1.29 is 22.0 Å². The van der Waals surface area contributed by atoms with Gasteiger partial charge in [0, 0.05) is 30.1 Å². The van der Waals surface area contributed by atoms with Crippen molar-refractivity contribution in [1.29, 1.82) is 0 Å². The van der Waals surface area contributed by atoms with Crippen LogP contribution >= 0.6 is 11.6 Å². The van der Waals surface area contributed by atoms with Crippen molar-refractivity contribution in [2.75, 3.05) is 13.1 Å². The molecule has 3 rings (SSSR count). The summed E-state index contributed by atoms with van der Waals surface area (Å²) in [6.45, 7) is 1.42. The fourth-order valence-electron chi connectivity index (χ4n) is 3.59. The van der Waals surface area contributed by atoms with E-state index < -0.39 is 26.7 Å². The minimum atomic E-state index is -4.02. The van der Waals surface area contributed by atoms with E-state index in [1.165, 1.54) is 24.3 Å². The first-order valence-corrected chi connectivity index (χ1v) is 11.4. The summed E-state index contributed by atoms with van der Waals surface area (Å²) < 4.78 is 54.6. The van der Waals surface area contributed by atoms with E-state index in [1.807, 2.05) is 0 Å². The molecule has 1 aliphatic rings. The molecule has 1 saturated heterocycles. The highest BCUT2D eigenvalue weighted by molar-refractivity contribution is 7.91. The van der Waals surface area contributed by atoms with E-state index >= 15 is 0 Å². The van der Waals surface area contributed by atoms with Gasteiger partial charge in [-0.15, -0.1) is 0 Å². The third-order valence-electron chi connectivity index (χ3n) is 5.14. The summed E-state index contributed by atoms with van der Waals surface area (Å²) in [5.74, 6) is -1.55. The second-order valence-corrected chi connectivity index (χ2v) is 9.70. The fourth-order valence-corrected chi connectivity index (χ4v) is 5.55. The molecule has 156 valence electrons. The molecule has 0 bridgehead atoms. The van der Waals surface area contributed by atoms with E-state index in [0.29, 0.717) is 18.1 Å². The van der Waals surface area contributed by atoms with Crippen molar-refractivity contribution in [1.82, 2.24) is 4.90 Å². The number of likely N-dealkylation sites (tertiary alicyclic amines) is 1. The van der Waals surface area contributed by atoms with Gasteiger partial charge < -0.3 is 4.90 Å². The van der Waals surface area contributed by atoms with Crippen LogP contribution in [-0.2, 0) is 14.6 Å². The highest BCUT2D eigenvalue weighted by Gasteiger charge is 2.32. The summed E-state index contributed by atoms with van der Waals surface area (Å²) in [6, 6.07) is 8.34. The van der Waals surface area contributed by atoms with Crippen LogP contribution in [0.5, 0.6) is 0 Å². The number of rotatable bonds is 7. The number of carbonyl (C=O) groups is 1. The Kier molecular flexibility index (Phi) is 6.90. The van der Waals surface area contributed by atoms with Crippen LogP contribution < -0.4 is 0 Å². The first kappa shape index (κ1) is 21.7. The molecule has 29 heavy (non-hydrogen) atoms. The van der Waals surface area contributed by atoms with Gasteiger partial charge in [0.05, 0.1) is 10.1 Å². The predicted molar refractivity (Wildman–Crippen MR) is 107 cm³/mol. The van der Waals surface area contributed by atoms with Crippen molar-refractivity contribution in [2.45, 2.75) is 42.2 Å². The summed E-state index contributed by atoms with van der Waals surface area (Å²) in [7, 11) is -4.02. The van der Waals surface area contributed by atoms with Crippen LogP contribution in [0.15, 0.2) is 47.4 Å². The molecular weight excluding hydrogens is 420 g/mol. The van der Waals surface area contributed by atoms with Gasteiger partial charge in [0.25, 0.3) is 0 Å². The van der Waals surface area contributed by atoms with Crippen molar-refractivity contribution in [3.8, 4) is 0 Å². The number of hydrogen-bond acceptors (Lipinski definition) is 3. The summed E-state index contributed by atoms with van der Waals surface area (Å²) in [5, 5.41) is -0.931. The number of amides is 1. The maximum Gasteiger partial charge on any atom is 0.222 e. The molecule has 0 radical (unpaired) electrons. The number of nitrogens with zero attached hydrogens (tertiary/aromatic N) is 1. The van der Waals surface area contributed by atoms with Crippen LogP contribution in [0.25, 0.3) is 0 Å². The molecule has 2 aromatic rings. The summed E-state index contributed by atoms with van der Waals surface area (Å²) in [6.07, 6.45) is 2.36. The number of sulfone groups is 1. The fraction of sp³-hybridized carbons (Fsp3) is 0.381. The van der Waals surface area contributed by atoms with Gasteiger partial charge in [-0.1, -0.05) is 11.6 Å². The molecule has 1 unspecified atom stereocenters. The molecule has 1 aliphatic heterocycles. The molecule has 0 saturated carbocycles. The van der Waals surface area contributed by atoms with Gasteiger partial charge in [-0.2, -0.15) is 0 Å². The Balaban J connectivity index is 1.86. The highest BCUT2D eigenvalue weighted by Crippen LogP contribution is 2.35. The summed E-state index contributed by atoms with van der Waals surface area (Å²) >= 11 is 5.84. The standard InChI is InChI=1S/C21H22ClF2NO3S/c22-15-6-9-17(10-7-15)29(27,28)20(18-14-16(23)8-11-19(18)24)4-3-5-21(26)25-12-1-2-13-25/h6-11,14,20H,1-5,12-13H2. The highest BCUT2D eigenvalue weighted by atomic mass is 35.5. The third-order valence-corrected chi connectivity index (χ3v) is 7.56. The summed E-state index contributed by atoms with van der Waals surface area (Å²) in [4.78, 5) is 14.0. The Morgan fingerprint density at radius 3 is 2.38 bits per heavy atom. The third kappa shape index (κ3) is 5.14. The molecule has 1 fully saturated rings. The zero-order valence-corrected chi connectivity index (χ0v) is 17.4. The molecule has 1 atom stereocenters. The van der Waals surface area contributed by atoms with Crippen molar-refractivity contribution in [2.24, 2.45) is 0 Å². The van der Waals surface area contributed by atoms with Crippen LogP contribution in [0, 0.1) is 11.6 Å². The van der Waals surface area contributed by atoms with Crippen LogP contribution in [-0.4, -0.2) is 32.3 Å². The number of halogens is 3. The Morgan fingerprint density at radius 1 is 1.07 bits per heavy atom. The zero-order valence-electron chi connectivity index (χ0n) is 15.8. The normalized spacial score (nSPS) is 15.5. The van der Waals surface area contributed by atoms with Gasteiger partial charge in [0.1, 0.15) is 11.6 Å². The maximum atomic E-state index is 14.4. The average molecular weight is 442 g/mol. The molecule has 1 amide bonds. The van der Waals surface area contributed by atoms with Gasteiger partial charge in [0.2, 0.25) is 5.91 Å². The first-order valence-electron chi connectivity index (χ1n) is 9.51. The van der Waals surface area contributed by atoms with Crippen LogP contribution in [0.2, 0.25) is 5.02 Å². The Bertz CT molecular complexity index is 974.